The molecule has 90 valence electrons. The first kappa shape index (κ1) is 12.0. The van der Waals surface area contributed by atoms with Gasteiger partial charge in [0.2, 0.25) is 0 Å². The van der Waals surface area contributed by atoms with E-state index >= 15 is 0 Å². The summed E-state index contributed by atoms with van der Waals surface area (Å²) in [5.41, 5.74) is 1.13. The summed E-state index contributed by atoms with van der Waals surface area (Å²) < 4.78 is 5.76. The molecular weight excluding hydrogens is 220 g/mol. The van der Waals surface area contributed by atoms with Gasteiger partial charge < -0.3 is 10.1 Å². The fourth-order valence-electron chi connectivity index (χ4n) is 2.20. The average Bonchev–Trinajstić information content (AvgIpc) is 2.88. The van der Waals surface area contributed by atoms with E-state index in [-0.39, 0.29) is 0 Å². The number of aryl methyl sites for hydroxylation is 1. The van der Waals surface area contributed by atoms with Gasteiger partial charge in [-0.2, -0.15) is 0 Å². The van der Waals surface area contributed by atoms with Crippen LogP contribution >= 0.6 is 11.3 Å². The Morgan fingerprint density at radius 2 is 2.56 bits per heavy atom. The SMILES string of the molecule is CCNC(Cc1nc(C)cs1)C1CCCO1. The van der Waals surface area contributed by atoms with Crippen molar-refractivity contribution in [3.8, 4) is 0 Å². The number of hydrogen-bond donors (Lipinski definition) is 1. The summed E-state index contributed by atoms with van der Waals surface area (Å²) in [6.45, 7) is 6.11. The Morgan fingerprint density at radius 1 is 1.69 bits per heavy atom. The van der Waals surface area contributed by atoms with Crippen molar-refractivity contribution in [3.63, 3.8) is 0 Å². The highest BCUT2D eigenvalue weighted by Crippen LogP contribution is 2.20. The fraction of sp³-hybridized carbons (Fsp3) is 0.750. The first-order valence-corrected chi connectivity index (χ1v) is 6.93. The van der Waals surface area contributed by atoms with Gasteiger partial charge in [0.05, 0.1) is 11.1 Å². The molecule has 0 spiro atoms. The molecule has 4 heteroatoms. The molecule has 2 atom stereocenters. The Morgan fingerprint density at radius 3 is 3.12 bits per heavy atom. The molecule has 2 rings (SSSR count). The summed E-state index contributed by atoms with van der Waals surface area (Å²) in [6.07, 6.45) is 3.76. The van der Waals surface area contributed by atoms with Gasteiger partial charge in [-0.05, 0) is 26.3 Å². The summed E-state index contributed by atoms with van der Waals surface area (Å²) in [5, 5.41) is 6.86. The topological polar surface area (TPSA) is 34.2 Å². The standard InChI is InChI=1S/C12H20N2OS/c1-3-13-10(11-5-4-6-15-11)7-12-14-9(2)8-16-12/h8,10-11,13H,3-7H2,1-2H3. The van der Waals surface area contributed by atoms with Gasteiger partial charge in [-0.3, -0.25) is 0 Å². The predicted octanol–water partition coefficient (Wildman–Crippen LogP) is 2.15. The summed E-state index contributed by atoms with van der Waals surface area (Å²) in [4.78, 5) is 4.53. The van der Waals surface area contributed by atoms with Crippen molar-refractivity contribution in [1.29, 1.82) is 0 Å². The molecule has 0 radical (unpaired) electrons. The third-order valence-electron chi connectivity index (χ3n) is 2.94. The van der Waals surface area contributed by atoms with Crippen molar-refractivity contribution in [2.24, 2.45) is 0 Å². The van der Waals surface area contributed by atoms with Crippen LogP contribution in [0.5, 0.6) is 0 Å². The normalized spacial score (nSPS) is 22.5. The number of likely N-dealkylation sites (N-methyl/N-ethyl adjacent to an activating group) is 1. The van der Waals surface area contributed by atoms with E-state index in [9.17, 15) is 0 Å². The second kappa shape index (κ2) is 5.75. The highest BCUT2D eigenvalue weighted by atomic mass is 32.1. The van der Waals surface area contributed by atoms with E-state index in [1.165, 1.54) is 17.8 Å². The average molecular weight is 240 g/mol. The minimum atomic E-state index is 0.379. The van der Waals surface area contributed by atoms with E-state index in [1.54, 1.807) is 11.3 Å². The zero-order valence-corrected chi connectivity index (χ0v) is 10.8. The Kier molecular flexibility index (Phi) is 4.32. The van der Waals surface area contributed by atoms with Crippen LogP contribution in [0, 0.1) is 6.92 Å². The smallest absolute Gasteiger partial charge is 0.0944 e. The van der Waals surface area contributed by atoms with Crippen molar-refractivity contribution < 1.29 is 4.74 Å². The first-order valence-electron chi connectivity index (χ1n) is 6.05. The van der Waals surface area contributed by atoms with Crippen LogP contribution in [0.2, 0.25) is 0 Å². The van der Waals surface area contributed by atoms with Gasteiger partial charge in [-0.1, -0.05) is 6.92 Å². The van der Waals surface area contributed by atoms with Crippen LogP contribution in [0.3, 0.4) is 0 Å². The van der Waals surface area contributed by atoms with Gasteiger partial charge in [0, 0.05) is 30.1 Å². The highest BCUT2D eigenvalue weighted by Gasteiger charge is 2.26. The van der Waals surface area contributed by atoms with E-state index < -0.39 is 0 Å². The van der Waals surface area contributed by atoms with Gasteiger partial charge in [0.15, 0.2) is 0 Å². The summed E-state index contributed by atoms with van der Waals surface area (Å²) in [5.74, 6) is 0. The van der Waals surface area contributed by atoms with Crippen LogP contribution in [-0.4, -0.2) is 30.3 Å². The zero-order valence-electron chi connectivity index (χ0n) is 10.0. The minimum Gasteiger partial charge on any atom is -0.377 e. The van der Waals surface area contributed by atoms with Gasteiger partial charge in [-0.15, -0.1) is 11.3 Å². The third-order valence-corrected chi connectivity index (χ3v) is 3.93. The largest absolute Gasteiger partial charge is 0.377 e. The number of nitrogens with one attached hydrogen (secondary N) is 1. The third kappa shape index (κ3) is 3.03. The lowest BCUT2D eigenvalue weighted by Gasteiger charge is -2.22. The molecule has 1 aromatic rings. The molecule has 1 fully saturated rings. The number of hydrogen-bond acceptors (Lipinski definition) is 4. The lowest BCUT2D eigenvalue weighted by atomic mass is 10.1. The van der Waals surface area contributed by atoms with Crippen LogP contribution in [0.4, 0.5) is 0 Å². The van der Waals surface area contributed by atoms with Crippen molar-refractivity contribution in [1.82, 2.24) is 10.3 Å². The quantitative estimate of drug-likeness (QED) is 0.856. The zero-order chi connectivity index (χ0) is 11.4. The van der Waals surface area contributed by atoms with Gasteiger partial charge >= 0.3 is 0 Å². The van der Waals surface area contributed by atoms with E-state index in [4.69, 9.17) is 4.74 Å². The van der Waals surface area contributed by atoms with E-state index in [1.807, 2.05) is 6.92 Å². The molecular formula is C12H20N2OS. The molecule has 1 N–H and O–H groups in total. The second-order valence-corrected chi connectivity index (χ2v) is 5.25. The molecule has 0 bridgehead atoms. The van der Waals surface area contributed by atoms with Gasteiger partial charge in [0.25, 0.3) is 0 Å². The molecule has 0 aromatic carbocycles. The van der Waals surface area contributed by atoms with E-state index in [2.05, 4.69) is 22.6 Å². The lowest BCUT2D eigenvalue weighted by Crippen LogP contribution is -2.41. The second-order valence-electron chi connectivity index (χ2n) is 4.30. The van der Waals surface area contributed by atoms with Crippen LogP contribution in [0.15, 0.2) is 5.38 Å². The summed E-state index contributed by atoms with van der Waals surface area (Å²) in [7, 11) is 0. The first-order chi connectivity index (χ1) is 7.79. The highest BCUT2D eigenvalue weighted by molar-refractivity contribution is 7.09. The fourth-order valence-corrected chi connectivity index (χ4v) is 3.03. The number of ether oxygens (including phenoxy) is 1. The molecule has 16 heavy (non-hydrogen) atoms. The van der Waals surface area contributed by atoms with Crippen molar-refractivity contribution in [2.45, 2.75) is 45.3 Å². The van der Waals surface area contributed by atoms with Crippen LogP contribution in [-0.2, 0) is 11.2 Å². The van der Waals surface area contributed by atoms with Crippen LogP contribution < -0.4 is 5.32 Å². The molecule has 1 saturated heterocycles. The Labute approximate surface area is 101 Å². The lowest BCUT2D eigenvalue weighted by molar-refractivity contribution is 0.0789. The van der Waals surface area contributed by atoms with Crippen LogP contribution in [0.25, 0.3) is 0 Å². The van der Waals surface area contributed by atoms with Gasteiger partial charge in [0.1, 0.15) is 0 Å². The molecule has 1 aliphatic heterocycles. The molecule has 0 aliphatic carbocycles. The minimum absolute atomic E-state index is 0.379. The molecule has 1 aliphatic rings. The monoisotopic (exact) mass is 240 g/mol. The summed E-state index contributed by atoms with van der Waals surface area (Å²) >= 11 is 1.76. The maximum Gasteiger partial charge on any atom is 0.0944 e. The van der Waals surface area contributed by atoms with Crippen molar-refractivity contribution >= 4 is 11.3 Å². The Hall–Kier alpha value is -0.450. The molecule has 3 nitrogen and oxygen atoms in total. The number of thiazole rings is 1. The number of rotatable bonds is 5. The molecule has 2 unspecified atom stereocenters. The maximum atomic E-state index is 5.76. The molecule has 0 saturated carbocycles. The Bertz CT molecular complexity index is 321. The predicted molar refractivity (Wildman–Crippen MR) is 67.0 cm³/mol. The van der Waals surface area contributed by atoms with Crippen LogP contribution in [0.1, 0.15) is 30.5 Å². The van der Waals surface area contributed by atoms with Crippen molar-refractivity contribution in [3.05, 3.63) is 16.1 Å². The van der Waals surface area contributed by atoms with E-state index in [0.717, 1.165) is 25.3 Å². The van der Waals surface area contributed by atoms with E-state index in [0.29, 0.717) is 12.1 Å². The number of nitrogens with zero attached hydrogens (tertiary/aromatic N) is 1. The summed E-state index contributed by atoms with van der Waals surface area (Å²) in [6, 6.07) is 0.429. The molecule has 2 heterocycles. The van der Waals surface area contributed by atoms with Gasteiger partial charge in [-0.25, -0.2) is 4.98 Å². The van der Waals surface area contributed by atoms with Crippen molar-refractivity contribution in [2.75, 3.05) is 13.2 Å². The number of aromatic nitrogens is 1. The molecule has 0 amide bonds. The Balaban J connectivity index is 1.96. The molecule has 1 aromatic heterocycles. The maximum absolute atomic E-state index is 5.76.